The lowest BCUT2D eigenvalue weighted by atomic mass is 10.1. The number of benzene rings is 3. The smallest absolute Gasteiger partial charge is 0.260 e. The highest BCUT2D eigenvalue weighted by molar-refractivity contribution is 5.95. The molecule has 1 aromatic heterocycles. The normalized spacial score (nSPS) is 14.2. The van der Waals surface area contributed by atoms with Crippen LogP contribution in [0.2, 0.25) is 0 Å². The van der Waals surface area contributed by atoms with Gasteiger partial charge in [0, 0.05) is 31.7 Å². The Hall–Kier alpha value is -4.08. The Bertz CT molecular complexity index is 1530. The summed E-state index contributed by atoms with van der Waals surface area (Å²) in [6.45, 7) is 4.68. The zero-order valence-electron chi connectivity index (χ0n) is 20.7. The predicted molar refractivity (Wildman–Crippen MR) is 133 cm³/mol. The molecule has 1 aliphatic rings. The van der Waals surface area contributed by atoms with Crippen LogP contribution in [0.1, 0.15) is 27.9 Å². The van der Waals surface area contributed by atoms with Crippen LogP contribution in [0.4, 0.5) is 27.8 Å². The molecule has 0 atom stereocenters. The van der Waals surface area contributed by atoms with Crippen molar-refractivity contribution in [3.05, 3.63) is 88.2 Å². The molecule has 0 N–H and O–H groups in total. The van der Waals surface area contributed by atoms with Crippen molar-refractivity contribution in [3.8, 4) is 11.3 Å². The van der Waals surface area contributed by atoms with Crippen LogP contribution in [0.5, 0.6) is 0 Å². The van der Waals surface area contributed by atoms with E-state index >= 15 is 0 Å². The largest absolute Gasteiger partial charge is 0.353 e. The number of anilines is 1. The minimum Gasteiger partial charge on any atom is -0.353 e. The Morgan fingerprint density at radius 1 is 0.737 bits per heavy atom. The van der Waals surface area contributed by atoms with E-state index in [0.29, 0.717) is 30.0 Å². The predicted octanol–water partition coefficient (Wildman–Crippen LogP) is 5.96. The number of halogens is 5. The van der Waals surface area contributed by atoms with E-state index in [4.69, 9.17) is 9.97 Å². The van der Waals surface area contributed by atoms with E-state index in [-0.39, 0.29) is 19.6 Å². The van der Waals surface area contributed by atoms with E-state index in [1.165, 1.54) is 0 Å². The van der Waals surface area contributed by atoms with Crippen molar-refractivity contribution >= 4 is 22.8 Å². The third kappa shape index (κ3) is 4.44. The van der Waals surface area contributed by atoms with Gasteiger partial charge >= 0.3 is 0 Å². The number of hydrogen-bond acceptors (Lipinski definition) is 4. The number of aryl methyl sites for hydroxylation is 2. The van der Waals surface area contributed by atoms with Gasteiger partial charge in [-0.2, -0.15) is 0 Å². The van der Waals surface area contributed by atoms with E-state index in [1.807, 2.05) is 61.2 Å². The number of carbonyl (C=O) groups is 1. The number of amides is 1. The van der Waals surface area contributed by atoms with Gasteiger partial charge in [-0.15, -0.1) is 0 Å². The first kappa shape index (κ1) is 25.6. The molecule has 1 fully saturated rings. The Morgan fingerprint density at radius 3 is 1.95 bits per heavy atom. The summed E-state index contributed by atoms with van der Waals surface area (Å²) in [4.78, 5) is 25.8. The van der Waals surface area contributed by atoms with Crippen LogP contribution in [0, 0.1) is 42.9 Å². The van der Waals surface area contributed by atoms with Gasteiger partial charge in [-0.05, 0) is 43.5 Å². The van der Waals surface area contributed by atoms with Gasteiger partial charge in [0.2, 0.25) is 5.82 Å². The number of fused-ring (bicyclic) bond motifs is 1. The van der Waals surface area contributed by atoms with Crippen molar-refractivity contribution in [3.63, 3.8) is 0 Å². The van der Waals surface area contributed by atoms with Gasteiger partial charge in [0.1, 0.15) is 11.3 Å². The van der Waals surface area contributed by atoms with Crippen LogP contribution in [0.15, 0.2) is 42.5 Å². The molecule has 1 amide bonds. The van der Waals surface area contributed by atoms with Crippen LogP contribution in [-0.2, 0) is 0 Å². The second-order valence-electron chi connectivity index (χ2n) is 9.26. The fourth-order valence-electron chi connectivity index (χ4n) is 4.60. The Balaban J connectivity index is 1.50. The molecule has 10 heteroatoms. The number of aromatic nitrogens is 2. The second kappa shape index (κ2) is 10.00. The lowest BCUT2D eigenvalue weighted by Crippen LogP contribution is -2.37. The maximum Gasteiger partial charge on any atom is 0.260 e. The molecular weight excluding hydrogens is 503 g/mol. The fourth-order valence-corrected chi connectivity index (χ4v) is 4.60. The molecule has 0 unspecified atom stereocenters. The number of hydrogen-bond donors (Lipinski definition) is 0. The Labute approximate surface area is 215 Å². The van der Waals surface area contributed by atoms with Crippen molar-refractivity contribution in [2.75, 3.05) is 31.1 Å². The number of nitrogens with zero attached hydrogens (tertiary/aromatic N) is 4. The molecule has 0 aliphatic carbocycles. The first-order chi connectivity index (χ1) is 18.2. The molecular formula is C28H23F5N4O. The molecule has 4 aromatic rings. The molecule has 38 heavy (non-hydrogen) atoms. The summed E-state index contributed by atoms with van der Waals surface area (Å²) in [5.74, 6) is -11.5. The molecule has 5 nitrogen and oxygen atoms in total. The van der Waals surface area contributed by atoms with Gasteiger partial charge in [-0.1, -0.05) is 30.3 Å². The van der Waals surface area contributed by atoms with E-state index in [9.17, 15) is 26.7 Å². The maximum absolute atomic E-state index is 14.3. The van der Waals surface area contributed by atoms with Gasteiger partial charge in [0.15, 0.2) is 29.1 Å². The minimum atomic E-state index is -2.30. The highest BCUT2D eigenvalue weighted by atomic mass is 19.2. The average molecular weight is 527 g/mol. The van der Waals surface area contributed by atoms with Crippen molar-refractivity contribution in [1.29, 1.82) is 0 Å². The quantitative estimate of drug-likeness (QED) is 0.188. The van der Waals surface area contributed by atoms with Crippen LogP contribution >= 0.6 is 0 Å². The van der Waals surface area contributed by atoms with Crippen LogP contribution in [-0.4, -0.2) is 47.0 Å². The minimum absolute atomic E-state index is 0.0147. The van der Waals surface area contributed by atoms with Crippen molar-refractivity contribution < 1.29 is 26.7 Å². The lowest BCUT2D eigenvalue weighted by Gasteiger charge is -2.25. The van der Waals surface area contributed by atoms with E-state index in [0.717, 1.165) is 27.1 Å². The molecule has 0 spiro atoms. The molecule has 3 aromatic carbocycles. The monoisotopic (exact) mass is 526 g/mol. The summed E-state index contributed by atoms with van der Waals surface area (Å²) in [6.07, 6.45) is 0.377. The van der Waals surface area contributed by atoms with E-state index in [2.05, 4.69) is 0 Å². The average Bonchev–Trinajstić information content (AvgIpc) is 3.18. The summed E-state index contributed by atoms with van der Waals surface area (Å²) >= 11 is 0. The van der Waals surface area contributed by atoms with Crippen molar-refractivity contribution in [2.24, 2.45) is 0 Å². The molecule has 0 radical (unpaired) electrons. The van der Waals surface area contributed by atoms with Crippen LogP contribution in [0.25, 0.3) is 22.3 Å². The van der Waals surface area contributed by atoms with Crippen LogP contribution < -0.4 is 4.90 Å². The Kier molecular flexibility index (Phi) is 6.73. The SMILES string of the molecule is Cc1cc2nc(-c3ccccc3)c(N3CCCN(C(=O)c4c(F)c(F)c(F)c(F)c4F)CC3)nc2cc1C. The molecule has 0 saturated carbocycles. The number of carbonyl (C=O) groups excluding carboxylic acids is 1. The third-order valence-electron chi connectivity index (χ3n) is 6.81. The second-order valence-corrected chi connectivity index (χ2v) is 9.26. The van der Waals surface area contributed by atoms with E-state index < -0.39 is 40.6 Å². The molecule has 196 valence electrons. The fraction of sp³-hybridized carbons (Fsp3) is 0.250. The first-order valence-corrected chi connectivity index (χ1v) is 12.1. The first-order valence-electron chi connectivity index (χ1n) is 12.1. The molecule has 5 rings (SSSR count). The summed E-state index contributed by atoms with van der Waals surface area (Å²) in [5, 5.41) is 0. The van der Waals surface area contributed by atoms with Crippen molar-refractivity contribution in [1.82, 2.24) is 14.9 Å². The highest BCUT2D eigenvalue weighted by Gasteiger charge is 2.33. The number of rotatable bonds is 3. The molecule has 0 bridgehead atoms. The summed E-state index contributed by atoms with van der Waals surface area (Å²) in [5.41, 5.74) is 3.59. The standard InChI is InChI=1S/C28H23F5N4O/c1-15-13-18-19(14-16(15)2)35-27(26(34-18)17-7-4-3-5-8-17)36-9-6-10-37(12-11-36)28(38)20-21(29)23(31)25(33)24(32)22(20)30/h3-5,7-8,13-14H,6,9-12H2,1-2H3. The third-order valence-corrected chi connectivity index (χ3v) is 6.81. The molecule has 2 heterocycles. The molecule has 1 saturated heterocycles. The van der Waals surface area contributed by atoms with E-state index in [1.54, 1.807) is 0 Å². The molecule has 1 aliphatic heterocycles. The maximum atomic E-state index is 14.3. The van der Waals surface area contributed by atoms with Gasteiger partial charge in [0.05, 0.1) is 11.0 Å². The summed E-state index contributed by atoms with van der Waals surface area (Å²) < 4.78 is 69.5. The van der Waals surface area contributed by atoms with Gasteiger partial charge in [-0.25, -0.2) is 31.9 Å². The zero-order valence-corrected chi connectivity index (χ0v) is 20.7. The van der Waals surface area contributed by atoms with Crippen molar-refractivity contribution in [2.45, 2.75) is 20.3 Å². The van der Waals surface area contributed by atoms with Gasteiger partial charge < -0.3 is 9.80 Å². The highest BCUT2D eigenvalue weighted by Crippen LogP contribution is 2.32. The zero-order chi connectivity index (χ0) is 27.1. The Morgan fingerprint density at radius 2 is 1.32 bits per heavy atom. The van der Waals surface area contributed by atoms with Gasteiger partial charge in [-0.3, -0.25) is 4.79 Å². The van der Waals surface area contributed by atoms with Crippen LogP contribution in [0.3, 0.4) is 0 Å². The van der Waals surface area contributed by atoms with Gasteiger partial charge in [0.25, 0.3) is 5.91 Å². The summed E-state index contributed by atoms with van der Waals surface area (Å²) in [6, 6.07) is 13.4. The topological polar surface area (TPSA) is 49.3 Å². The lowest BCUT2D eigenvalue weighted by molar-refractivity contribution is 0.0753. The summed E-state index contributed by atoms with van der Waals surface area (Å²) in [7, 11) is 0.